The van der Waals surface area contributed by atoms with Crippen LogP contribution < -0.4 is 4.74 Å². The minimum absolute atomic E-state index is 0.164. The van der Waals surface area contributed by atoms with E-state index in [1.54, 1.807) is 18.2 Å². The third-order valence-corrected chi connectivity index (χ3v) is 1.66. The smallest absolute Gasteiger partial charge is 0.161 e. The van der Waals surface area contributed by atoms with Gasteiger partial charge >= 0.3 is 0 Å². The van der Waals surface area contributed by atoms with E-state index in [1.165, 1.54) is 0 Å². The topological polar surface area (TPSA) is 38.7 Å². The summed E-state index contributed by atoms with van der Waals surface area (Å²) < 4.78 is 10.6. The van der Waals surface area contributed by atoms with Gasteiger partial charge in [0, 0.05) is 0 Å². The molecular formula is C11H16O3. The molecule has 1 N–H and O–H groups in total. The first-order valence-corrected chi connectivity index (χ1v) is 4.72. The molecule has 0 fully saturated rings. The molecule has 0 amide bonds. The van der Waals surface area contributed by atoms with E-state index in [4.69, 9.17) is 9.47 Å². The van der Waals surface area contributed by atoms with Gasteiger partial charge < -0.3 is 14.6 Å². The summed E-state index contributed by atoms with van der Waals surface area (Å²) in [5.74, 6) is 0.664. The fraction of sp³-hybridized carbons (Fsp3) is 0.455. The number of phenolic OH excluding ortho intramolecular Hbond substituents is 1. The van der Waals surface area contributed by atoms with Crippen molar-refractivity contribution in [2.45, 2.75) is 20.0 Å². The number of benzene rings is 1. The fourth-order valence-corrected chi connectivity index (χ4v) is 1.01. The van der Waals surface area contributed by atoms with Gasteiger partial charge in [-0.15, -0.1) is 0 Å². The lowest BCUT2D eigenvalue weighted by Gasteiger charge is -2.09. The second-order valence-electron chi connectivity index (χ2n) is 3.24. The van der Waals surface area contributed by atoms with E-state index in [1.807, 2.05) is 19.9 Å². The normalized spacial score (nSPS) is 10.5. The van der Waals surface area contributed by atoms with Gasteiger partial charge in [-0.1, -0.05) is 12.1 Å². The minimum Gasteiger partial charge on any atom is -0.504 e. The Morgan fingerprint density at radius 2 is 1.93 bits per heavy atom. The first kappa shape index (κ1) is 10.9. The molecule has 0 heterocycles. The Morgan fingerprint density at radius 3 is 2.57 bits per heavy atom. The highest BCUT2D eigenvalue weighted by Crippen LogP contribution is 2.23. The fourth-order valence-electron chi connectivity index (χ4n) is 1.01. The average molecular weight is 196 g/mol. The molecule has 0 unspecified atom stereocenters. The zero-order valence-electron chi connectivity index (χ0n) is 8.56. The summed E-state index contributed by atoms with van der Waals surface area (Å²) in [6.45, 7) is 4.93. The number of aromatic hydroxyl groups is 1. The van der Waals surface area contributed by atoms with Crippen molar-refractivity contribution in [3.05, 3.63) is 24.3 Å². The maximum Gasteiger partial charge on any atom is 0.161 e. The quantitative estimate of drug-likeness (QED) is 0.734. The molecule has 0 bridgehead atoms. The molecule has 14 heavy (non-hydrogen) atoms. The molecule has 0 aromatic heterocycles. The highest BCUT2D eigenvalue weighted by Gasteiger charge is 1.99. The van der Waals surface area contributed by atoms with Crippen molar-refractivity contribution in [3.8, 4) is 11.5 Å². The van der Waals surface area contributed by atoms with Gasteiger partial charge in [0.2, 0.25) is 0 Å². The van der Waals surface area contributed by atoms with Gasteiger partial charge in [-0.25, -0.2) is 0 Å². The average Bonchev–Trinajstić information content (AvgIpc) is 2.15. The monoisotopic (exact) mass is 196 g/mol. The van der Waals surface area contributed by atoms with Crippen molar-refractivity contribution in [2.24, 2.45) is 0 Å². The van der Waals surface area contributed by atoms with Crippen molar-refractivity contribution in [1.29, 1.82) is 0 Å². The van der Waals surface area contributed by atoms with Crippen LogP contribution in [0.1, 0.15) is 13.8 Å². The maximum absolute atomic E-state index is 9.35. The summed E-state index contributed by atoms with van der Waals surface area (Å²) in [5.41, 5.74) is 0. The van der Waals surface area contributed by atoms with Gasteiger partial charge in [0.1, 0.15) is 6.61 Å². The third-order valence-electron chi connectivity index (χ3n) is 1.66. The van der Waals surface area contributed by atoms with Crippen molar-refractivity contribution in [3.63, 3.8) is 0 Å². The Hall–Kier alpha value is -1.22. The van der Waals surface area contributed by atoms with Crippen LogP contribution in [0.15, 0.2) is 24.3 Å². The largest absolute Gasteiger partial charge is 0.504 e. The molecule has 1 aromatic rings. The molecule has 1 rings (SSSR count). The van der Waals surface area contributed by atoms with E-state index in [9.17, 15) is 5.11 Å². The van der Waals surface area contributed by atoms with Gasteiger partial charge in [-0.3, -0.25) is 0 Å². The van der Waals surface area contributed by atoms with Crippen LogP contribution >= 0.6 is 0 Å². The Kier molecular flexibility index (Phi) is 4.26. The summed E-state index contributed by atoms with van der Waals surface area (Å²) in [6, 6.07) is 6.90. The van der Waals surface area contributed by atoms with Gasteiger partial charge in [-0.05, 0) is 26.0 Å². The molecule has 0 saturated carbocycles. The third kappa shape index (κ3) is 3.66. The summed E-state index contributed by atoms with van der Waals surface area (Å²) in [6.07, 6.45) is 0.211. The Labute approximate surface area is 84.3 Å². The summed E-state index contributed by atoms with van der Waals surface area (Å²) in [5, 5.41) is 9.35. The van der Waals surface area contributed by atoms with Gasteiger partial charge in [0.25, 0.3) is 0 Å². The van der Waals surface area contributed by atoms with Crippen LogP contribution in [0.3, 0.4) is 0 Å². The van der Waals surface area contributed by atoms with E-state index in [0.717, 1.165) is 0 Å². The second kappa shape index (κ2) is 5.50. The molecule has 0 aliphatic carbocycles. The lowest BCUT2D eigenvalue weighted by Crippen LogP contribution is -2.11. The summed E-state index contributed by atoms with van der Waals surface area (Å²) >= 11 is 0. The Bertz CT molecular complexity index is 271. The van der Waals surface area contributed by atoms with Crippen LogP contribution in [-0.2, 0) is 4.74 Å². The number of hydrogen-bond acceptors (Lipinski definition) is 3. The molecule has 0 radical (unpaired) electrons. The van der Waals surface area contributed by atoms with Crippen molar-refractivity contribution in [2.75, 3.05) is 13.2 Å². The molecule has 0 saturated heterocycles. The van der Waals surface area contributed by atoms with E-state index < -0.39 is 0 Å². The van der Waals surface area contributed by atoms with Crippen LogP contribution in [0.25, 0.3) is 0 Å². The van der Waals surface area contributed by atoms with Crippen molar-refractivity contribution < 1.29 is 14.6 Å². The zero-order valence-corrected chi connectivity index (χ0v) is 8.56. The maximum atomic E-state index is 9.35. The Balaban J connectivity index is 2.28. The molecule has 78 valence electrons. The van der Waals surface area contributed by atoms with Crippen LogP contribution in [0.2, 0.25) is 0 Å². The minimum atomic E-state index is 0.164. The zero-order chi connectivity index (χ0) is 10.4. The highest BCUT2D eigenvalue weighted by molar-refractivity contribution is 5.37. The van der Waals surface area contributed by atoms with Crippen molar-refractivity contribution in [1.82, 2.24) is 0 Å². The predicted molar refractivity (Wildman–Crippen MR) is 54.7 cm³/mol. The van der Waals surface area contributed by atoms with Crippen LogP contribution in [0.4, 0.5) is 0 Å². The van der Waals surface area contributed by atoms with Crippen LogP contribution in [0, 0.1) is 0 Å². The number of ether oxygens (including phenoxy) is 2. The van der Waals surface area contributed by atoms with Gasteiger partial charge in [0.05, 0.1) is 12.7 Å². The highest BCUT2D eigenvalue weighted by atomic mass is 16.5. The summed E-state index contributed by atoms with van der Waals surface area (Å²) in [4.78, 5) is 0. The number of phenols is 1. The molecule has 0 atom stereocenters. The summed E-state index contributed by atoms with van der Waals surface area (Å²) in [7, 11) is 0. The standard InChI is InChI=1S/C11H16O3/c1-9(2)13-7-8-14-11-6-4-3-5-10(11)12/h3-6,9,12H,7-8H2,1-2H3. The van der Waals surface area contributed by atoms with E-state index in [0.29, 0.717) is 19.0 Å². The predicted octanol–water partition coefficient (Wildman–Crippen LogP) is 2.20. The molecule has 3 heteroatoms. The molecular weight excluding hydrogens is 180 g/mol. The molecule has 0 spiro atoms. The number of rotatable bonds is 5. The number of hydrogen-bond donors (Lipinski definition) is 1. The van der Waals surface area contributed by atoms with E-state index >= 15 is 0 Å². The van der Waals surface area contributed by atoms with Gasteiger partial charge in [0.15, 0.2) is 11.5 Å². The lowest BCUT2D eigenvalue weighted by atomic mass is 10.3. The molecule has 0 aliphatic heterocycles. The molecule has 1 aromatic carbocycles. The van der Waals surface area contributed by atoms with E-state index in [2.05, 4.69) is 0 Å². The first-order chi connectivity index (χ1) is 6.70. The van der Waals surface area contributed by atoms with Gasteiger partial charge in [-0.2, -0.15) is 0 Å². The second-order valence-corrected chi connectivity index (χ2v) is 3.24. The Morgan fingerprint density at radius 1 is 1.21 bits per heavy atom. The number of para-hydroxylation sites is 2. The SMILES string of the molecule is CC(C)OCCOc1ccccc1O. The molecule has 3 nitrogen and oxygen atoms in total. The van der Waals surface area contributed by atoms with E-state index in [-0.39, 0.29) is 11.9 Å². The first-order valence-electron chi connectivity index (χ1n) is 4.72. The van der Waals surface area contributed by atoms with Crippen molar-refractivity contribution >= 4 is 0 Å². The molecule has 0 aliphatic rings. The van der Waals surface area contributed by atoms with Crippen LogP contribution in [0.5, 0.6) is 11.5 Å². The van der Waals surface area contributed by atoms with Crippen LogP contribution in [-0.4, -0.2) is 24.4 Å². The lowest BCUT2D eigenvalue weighted by molar-refractivity contribution is 0.0547.